The van der Waals surface area contributed by atoms with Crippen LogP contribution in [0.5, 0.6) is 34.5 Å². The molecule has 0 N–H and O–H groups in total. The van der Waals surface area contributed by atoms with E-state index in [1.165, 1.54) is 11.3 Å². The van der Waals surface area contributed by atoms with Gasteiger partial charge in [-0.05, 0) is 188 Å². The number of unbranched alkanes of at least 4 members (excludes halogenated alkanes) is 6. The van der Waals surface area contributed by atoms with Gasteiger partial charge in [-0.1, -0.05) is 36.6 Å². The van der Waals surface area contributed by atoms with Crippen LogP contribution in [0, 0.1) is 23.7 Å². The van der Waals surface area contributed by atoms with E-state index in [4.69, 9.17) is 57.5 Å². The highest BCUT2D eigenvalue weighted by atomic mass is 32.1. The summed E-state index contributed by atoms with van der Waals surface area (Å²) >= 11 is 1.48. The van der Waals surface area contributed by atoms with E-state index in [9.17, 15) is 28.8 Å². The number of aromatic nitrogens is 1. The molecule has 86 heavy (non-hydrogen) atoms. The Morgan fingerprint density at radius 3 is 1.48 bits per heavy atom. The SMILES string of the molecule is C=CC(=O)OCCCCCCOc1ccc(OC(=O)[C@H]2CC[C@H](C(=O)Oc3ccc(OC(=O)[C@H]4CC[C@H](C(=O)Oc5ccc(OCCCCCCOC(=O)C=C)cc5)CC4)c(/C=N/N(CCC4OCCCO4)c4nc5ccccc5s4)c3)CC2)cc1. The Labute approximate surface area is 505 Å². The van der Waals surface area contributed by atoms with Gasteiger partial charge in [0.1, 0.15) is 34.5 Å². The second-order valence-corrected chi connectivity index (χ2v) is 22.3. The molecule has 1 saturated heterocycles. The van der Waals surface area contributed by atoms with Crippen molar-refractivity contribution in [2.75, 3.05) is 51.2 Å². The maximum absolute atomic E-state index is 14.0. The summed E-state index contributed by atoms with van der Waals surface area (Å²) < 4.78 is 58.1. The highest BCUT2D eigenvalue weighted by molar-refractivity contribution is 7.22. The Hall–Kier alpha value is -7.94. The van der Waals surface area contributed by atoms with Crippen molar-refractivity contribution in [3.05, 3.63) is 122 Å². The van der Waals surface area contributed by atoms with E-state index in [-0.39, 0.29) is 23.4 Å². The molecule has 2 heterocycles. The van der Waals surface area contributed by atoms with Crippen molar-refractivity contribution < 1.29 is 76.1 Å². The van der Waals surface area contributed by atoms with Gasteiger partial charge in [0.05, 0.1) is 79.7 Å². The van der Waals surface area contributed by atoms with Crippen molar-refractivity contribution in [1.82, 2.24) is 4.98 Å². The van der Waals surface area contributed by atoms with Gasteiger partial charge < -0.3 is 47.4 Å². The van der Waals surface area contributed by atoms with Gasteiger partial charge in [-0.25, -0.2) is 19.6 Å². The molecule has 8 rings (SSSR count). The normalized spacial score (nSPS) is 17.9. The third-order valence-corrected chi connectivity index (χ3v) is 16.1. The summed E-state index contributed by atoms with van der Waals surface area (Å²) in [5.41, 5.74) is 1.19. The first-order chi connectivity index (χ1) is 42.0. The minimum absolute atomic E-state index is 0.203. The fourth-order valence-electron chi connectivity index (χ4n) is 10.1. The summed E-state index contributed by atoms with van der Waals surface area (Å²) in [5, 5.41) is 7.30. The molecule has 5 aromatic rings. The molecular formula is C66H77N3O16S. The molecule has 0 spiro atoms. The molecule has 0 amide bonds. The molecule has 3 fully saturated rings. The molecule has 1 aromatic heterocycles. The van der Waals surface area contributed by atoms with Crippen LogP contribution in [0.25, 0.3) is 10.2 Å². The van der Waals surface area contributed by atoms with Crippen LogP contribution >= 0.6 is 11.3 Å². The number of carbonyl (C=O) groups is 6. The maximum Gasteiger partial charge on any atom is 0.330 e. The van der Waals surface area contributed by atoms with E-state index in [2.05, 4.69) is 13.2 Å². The van der Waals surface area contributed by atoms with Crippen molar-refractivity contribution in [2.45, 2.75) is 122 Å². The van der Waals surface area contributed by atoms with E-state index < -0.39 is 53.8 Å². The first-order valence-corrected chi connectivity index (χ1v) is 30.8. The van der Waals surface area contributed by atoms with E-state index in [0.29, 0.717) is 138 Å². The summed E-state index contributed by atoms with van der Waals surface area (Å²) in [5.74, 6) is -1.66. The average Bonchev–Trinajstić information content (AvgIpc) is 4.06. The van der Waals surface area contributed by atoms with Crippen LogP contribution < -0.4 is 33.4 Å². The molecule has 2 aliphatic carbocycles. The van der Waals surface area contributed by atoms with E-state index in [1.54, 1.807) is 78.0 Å². The predicted octanol–water partition coefficient (Wildman–Crippen LogP) is 12.3. The Balaban J connectivity index is 0.842. The highest BCUT2D eigenvalue weighted by Gasteiger charge is 2.34. The molecule has 4 aromatic carbocycles. The molecule has 0 atom stereocenters. The van der Waals surface area contributed by atoms with Crippen LogP contribution in [0.2, 0.25) is 0 Å². The van der Waals surface area contributed by atoms with Crippen LogP contribution in [0.3, 0.4) is 0 Å². The molecular weight excluding hydrogens is 1120 g/mol. The van der Waals surface area contributed by atoms with Gasteiger partial charge in [-0.2, -0.15) is 5.10 Å². The highest BCUT2D eigenvalue weighted by Crippen LogP contribution is 2.36. The zero-order valence-electron chi connectivity index (χ0n) is 48.7. The van der Waals surface area contributed by atoms with Crippen molar-refractivity contribution in [3.8, 4) is 34.5 Å². The van der Waals surface area contributed by atoms with Crippen LogP contribution in [0.1, 0.15) is 121 Å². The fourth-order valence-corrected chi connectivity index (χ4v) is 11.1. The van der Waals surface area contributed by atoms with Gasteiger partial charge in [0, 0.05) is 30.7 Å². The number of carbonyl (C=O) groups excluding carboxylic acids is 6. The third kappa shape index (κ3) is 20.6. The number of nitrogens with zero attached hydrogens (tertiary/aromatic N) is 3. The molecule has 20 heteroatoms. The standard InChI is InChI=1S/C66H77N3O16S/c1-3-59(70)78-40-13-7-5-11-38-76-51-26-30-53(31-27-51)82-62(72)46-18-20-48(21-19-46)64(74)84-55-34-35-57(50(44-55)45-67-69(37-36-61-80-42-15-43-81-61)66-68-56-16-9-10-17-58(56)86-66)85-65(75)49-24-22-47(23-25-49)63(73)83-54-32-28-52(29-33-54)77-39-12-6-8-14-41-79-60(71)4-2/h3-4,9-10,16-17,26-35,44-49,61H,1-2,5-8,11-15,18-25,36-43H2/b67-45+/t46-,47-,48-,49-. The zero-order valence-corrected chi connectivity index (χ0v) is 49.5. The number of ether oxygens (including phenoxy) is 10. The van der Waals surface area contributed by atoms with Crippen molar-refractivity contribution in [3.63, 3.8) is 0 Å². The minimum Gasteiger partial charge on any atom is -0.494 e. The largest absolute Gasteiger partial charge is 0.494 e. The van der Waals surface area contributed by atoms with Crippen LogP contribution in [0.15, 0.2) is 121 Å². The number of hydrogen-bond acceptors (Lipinski definition) is 20. The number of hydrogen-bond donors (Lipinski definition) is 0. The lowest BCUT2D eigenvalue weighted by Gasteiger charge is -2.26. The third-order valence-electron chi connectivity index (χ3n) is 15.0. The van der Waals surface area contributed by atoms with Gasteiger partial charge in [0.15, 0.2) is 6.29 Å². The van der Waals surface area contributed by atoms with Gasteiger partial charge in [0.25, 0.3) is 0 Å². The Kier molecular flexibility index (Phi) is 25.5. The molecule has 1 aliphatic heterocycles. The predicted molar refractivity (Wildman–Crippen MR) is 322 cm³/mol. The second-order valence-electron chi connectivity index (χ2n) is 21.3. The maximum atomic E-state index is 14.0. The number of benzene rings is 4. The number of para-hydroxylation sites is 1. The summed E-state index contributed by atoms with van der Waals surface area (Å²) in [7, 11) is 0. The molecule has 19 nitrogen and oxygen atoms in total. The first kappa shape index (κ1) is 64.1. The average molecular weight is 1200 g/mol. The monoisotopic (exact) mass is 1200 g/mol. The summed E-state index contributed by atoms with van der Waals surface area (Å²) in [6.45, 7) is 10.1. The van der Waals surface area contributed by atoms with Gasteiger partial charge >= 0.3 is 35.8 Å². The lowest BCUT2D eigenvalue weighted by Crippen LogP contribution is -2.31. The lowest BCUT2D eigenvalue weighted by atomic mass is 9.82. The molecule has 0 radical (unpaired) electrons. The summed E-state index contributed by atoms with van der Waals surface area (Å²) in [6, 6.07) is 26.4. The number of esters is 6. The Bertz CT molecular complexity index is 3020. The Morgan fingerprint density at radius 1 is 0.547 bits per heavy atom. The second kappa shape index (κ2) is 34.3. The van der Waals surface area contributed by atoms with Crippen LogP contribution in [-0.2, 0) is 47.7 Å². The van der Waals surface area contributed by atoms with E-state index in [0.717, 1.165) is 80.2 Å². The zero-order chi connectivity index (χ0) is 60.3. The van der Waals surface area contributed by atoms with Gasteiger partial charge in [-0.3, -0.25) is 19.2 Å². The van der Waals surface area contributed by atoms with Crippen LogP contribution in [-0.4, -0.2) is 99.5 Å². The van der Waals surface area contributed by atoms with E-state index >= 15 is 0 Å². The van der Waals surface area contributed by atoms with E-state index in [1.807, 2.05) is 24.3 Å². The molecule has 458 valence electrons. The summed E-state index contributed by atoms with van der Waals surface area (Å²) in [6.07, 6.45) is 15.1. The molecule has 0 bridgehead atoms. The van der Waals surface area contributed by atoms with Gasteiger partial charge in [-0.15, -0.1) is 0 Å². The quantitative estimate of drug-likeness (QED) is 0.00974. The van der Waals surface area contributed by atoms with Crippen molar-refractivity contribution >= 4 is 68.7 Å². The number of rotatable bonds is 32. The lowest BCUT2D eigenvalue weighted by molar-refractivity contribution is -0.179. The van der Waals surface area contributed by atoms with Gasteiger partial charge in [0.2, 0.25) is 5.13 Å². The van der Waals surface area contributed by atoms with Crippen molar-refractivity contribution in [2.24, 2.45) is 28.8 Å². The first-order valence-electron chi connectivity index (χ1n) is 30.0. The molecule has 2 saturated carbocycles. The Morgan fingerprint density at radius 2 is 0.988 bits per heavy atom. The number of anilines is 1. The molecule has 3 aliphatic rings. The summed E-state index contributed by atoms with van der Waals surface area (Å²) in [4.78, 5) is 81.6. The fraction of sp³-hybridized carbons (Fsp3) is 0.455. The van der Waals surface area contributed by atoms with Crippen LogP contribution in [0.4, 0.5) is 5.13 Å². The topological polar surface area (TPSA) is 223 Å². The number of fused-ring (bicyclic) bond motifs is 1. The number of hydrazone groups is 1. The smallest absolute Gasteiger partial charge is 0.330 e. The minimum atomic E-state index is -0.489. The van der Waals surface area contributed by atoms with Crippen molar-refractivity contribution in [1.29, 1.82) is 0 Å². The number of thiazole rings is 1. The molecule has 0 unspecified atom stereocenters.